The Hall–Kier alpha value is -0.760. The van der Waals surface area contributed by atoms with E-state index in [9.17, 15) is 19.4 Å². The Kier molecular flexibility index (Phi) is 64.1. The van der Waals surface area contributed by atoms with Gasteiger partial charge in [0.2, 0.25) is 5.91 Å². The first kappa shape index (κ1) is 81.2. The van der Waals surface area contributed by atoms with Gasteiger partial charge in [0.1, 0.15) is 13.2 Å². The number of aliphatic hydroxyl groups excluding tert-OH is 1. The number of quaternary nitrogens is 1. The lowest BCUT2D eigenvalue weighted by molar-refractivity contribution is -0.870. The Labute approximate surface area is 513 Å². The number of rotatable bonds is 70. The van der Waals surface area contributed by atoms with Crippen LogP contribution in [0, 0.1) is 0 Å². The molecule has 82 heavy (non-hydrogen) atoms. The summed E-state index contributed by atoms with van der Waals surface area (Å²) in [5.74, 6) is -0.166. The fourth-order valence-corrected chi connectivity index (χ4v) is 12.5. The molecule has 0 rings (SSSR count). The summed E-state index contributed by atoms with van der Waals surface area (Å²) in [5.41, 5.74) is 0. The first-order chi connectivity index (χ1) is 40.0. The van der Waals surface area contributed by atoms with Crippen LogP contribution in [0.1, 0.15) is 399 Å². The number of amides is 1. The maximum absolute atomic E-state index is 13.1. The zero-order chi connectivity index (χ0) is 59.8. The van der Waals surface area contributed by atoms with Crippen molar-refractivity contribution in [1.82, 2.24) is 5.32 Å². The van der Waals surface area contributed by atoms with Gasteiger partial charge in [0.05, 0.1) is 39.9 Å². The second-order valence-corrected chi connectivity index (χ2v) is 28.5. The minimum atomic E-state index is -4.35. The third kappa shape index (κ3) is 66.8. The van der Waals surface area contributed by atoms with Gasteiger partial charge in [-0.15, -0.1) is 0 Å². The molecule has 0 spiro atoms. The van der Waals surface area contributed by atoms with Crippen LogP contribution in [0.4, 0.5) is 0 Å². The summed E-state index contributed by atoms with van der Waals surface area (Å²) in [7, 11) is 1.60. The smallest absolute Gasteiger partial charge is 0.387 e. The highest BCUT2D eigenvalue weighted by Gasteiger charge is 2.28. The van der Waals surface area contributed by atoms with Gasteiger partial charge in [-0.25, -0.2) is 4.57 Å². The molecular formula is C73H148N2O6P+. The molecule has 0 aromatic rings. The molecule has 0 radical (unpaired) electrons. The molecule has 0 aromatic carbocycles. The Morgan fingerprint density at radius 2 is 0.646 bits per heavy atom. The SMILES string of the molecule is CCCCCCCCCCCCCCCCCCCCCCCCCCCC/C=C/C(O)C(COP(=O)(O)OCC[N+](C)(C)C)NC(=O)CCCCCCCCCCCCCCCCCCCCCCCCCCCCCCCCCC. The number of phosphoric acid groups is 1. The van der Waals surface area contributed by atoms with Gasteiger partial charge < -0.3 is 19.8 Å². The van der Waals surface area contributed by atoms with E-state index in [2.05, 4.69) is 19.2 Å². The molecule has 8 nitrogen and oxygen atoms in total. The standard InChI is InChI=1S/C73H147N2O6P/c1-6-8-10-12-14-16-18-20-22-24-26-28-30-32-34-36-37-38-39-41-43-45-47-49-51-53-55-57-59-61-63-65-67-73(77)74-71(70-81-82(78,79)80-69-68-75(3,4)5)72(76)66-64-62-60-58-56-54-52-50-48-46-44-42-40-35-33-31-29-27-25-23-21-19-17-15-13-11-9-7-2/h64,66,71-72,76H,6-63,65,67-70H2,1-5H3,(H-,74,77,78,79)/p+1/b66-64+. The summed E-state index contributed by atoms with van der Waals surface area (Å²) in [5, 5.41) is 14.0. The number of carbonyl (C=O) groups excluding carboxylic acids is 1. The molecule has 0 aliphatic heterocycles. The van der Waals surface area contributed by atoms with Gasteiger partial charge >= 0.3 is 7.82 Å². The Balaban J connectivity index is 3.98. The van der Waals surface area contributed by atoms with Gasteiger partial charge in [0, 0.05) is 6.42 Å². The van der Waals surface area contributed by atoms with Crippen LogP contribution in [0.25, 0.3) is 0 Å². The average molecular weight is 1180 g/mol. The molecule has 0 aliphatic carbocycles. The number of aliphatic hydroxyl groups is 1. The molecule has 0 saturated carbocycles. The second kappa shape index (κ2) is 64.7. The van der Waals surface area contributed by atoms with Crippen molar-refractivity contribution in [3.05, 3.63) is 12.2 Å². The van der Waals surface area contributed by atoms with Gasteiger partial charge in [-0.05, 0) is 19.3 Å². The molecule has 3 N–H and O–H groups in total. The van der Waals surface area contributed by atoms with Crippen LogP contribution in [-0.2, 0) is 18.4 Å². The van der Waals surface area contributed by atoms with Crippen molar-refractivity contribution >= 4 is 13.7 Å². The van der Waals surface area contributed by atoms with Crippen molar-refractivity contribution in [3.63, 3.8) is 0 Å². The third-order valence-corrected chi connectivity index (χ3v) is 18.5. The number of phosphoric ester groups is 1. The van der Waals surface area contributed by atoms with Gasteiger partial charge in [-0.1, -0.05) is 386 Å². The number of hydrogen-bond acceptors (Lipinski definition) is 5. The zero-order valence-electron chi connectivity index (χ0n) is 56.3. The number of nitrogens with zero attached hydrogens (tertiary/aromatic N) is 1. The summed E-state index contributed by atoms with van der Waals surface area (Å²) >= 11 is 0. The van der Waals surface area contributed by atoms with Crippen LogP contribution in [0.2, 0.25) is 0 Å². The van der Waals surface area contributed by atoms with Crippen molar-refractivity contribution in [3.8, 4) is 0 Å². The lowest BCUT2D eigenvalue weighted by atomic mass is 10.0. The minimum Gasteiger partial charge on any atom is -0.387 e. The van der Waals surface area contributed by atoms with Crippen LogP contribution in [0.15, 0.2) is 12.2 Å². The van der Waals surface area contributed by atoms with Crippen molar-refractivity contribution in [2.24, 2.45) is 0 Å². The quantitative estimate of drug-likeness (QED) is 0.0243. The van der Waals surface area contributed by atoms with E-state index in [0.717, 1.165) is 32.1 Å². The highest BCUT2D eigenvalue weighted by atomic mass is 31.2. The van der Waals surface area contributed by atoms with Gasteiger partial charge in [0.15, 0.2) is 0 Å². The predicted molar refractivity (Wildman–Crippen MR) is 360 cm³/mol. The zero-order valence-corrected chi connectivity index (χ0v) is 57.2. The Morgan fingerprint density at radius 1 is 0.402 bits per heavy atom. The van der Waals surface area contributed by atoms with Crippen LogP contribution in [-0.4, -0.2) is 73.4 Å². The van der Waals surface area contributed by atoms with Gasteiger partial charge in [-0.3, -0.25) is 13.8 Å². The first-order valence-corrected chi connectivity index (χ1v) is 38.6. The third-order valence-electron chi connectivity index (χ3n) is 17.5. The first-order valence-electron chi connectivity index (χ1n) is 37.1. The normalized spacial score (nSPS) is 13.6. The van der Waals surface area contributed by atoms with E-state index in [-0.39, 0.29) is 19.1 Å². The fraction of sp³-hybridized carbons (Fsp3) is 0.959. The van der Waals surface area contributed by atoms with E-state index >= 15 is 0 Å². The number of unbranched alkanes of at least 4 members (excludes halogenated alkanes) is 57. The average Bonchev–Trinajstić information content (AvgIpc) is 3.45. The predicted octanol–water partition coefficient (Wildman–Crippen LogP) is 23.7. The molecular weight excluding hydrogens is 1030 g/mol. The van der Waals surface area contributed by atoms with Crippen molar-refractivity contribution in [2.75, 3.05) is 40.9 Å². The Bertz CT molecular complexity index is 1340. The van der Waals surface area contributed by atoms with E-state index in [4.69, 9.17) is 9.05 Å². The van der Waals surface area contributed by atoms with Gasteiger partial charge in [-0.2, -0.15) is 0 Å². The topological polar surface area (TPSA) is 105 Å². The maximum atomic E-state index is 13.1. The molecule has 3 unspecified atom stereocenters. The molecule has 490 valence electrons. The molecule has 0 fully saturated rings. The van der Waals surface area contributed by atoms with Crippen molar-refractivity contribution < 1.29 is 32.9 Å². The highest BCUT2D eigenvalue weighted by Crippen LogP contribution is 2.43. The molecule has 9 heteroatoms. The molecule has 3 atom stereocenters. The minimum absolute atomic E-state index is 0.0656. The highest BCUT2D eigenvalue weighted by molar-refractivity contribution is 7.47. The van der Waals surface area contributed by atoms with Crippen molar-refractivity contribution in [1.29, 1.82) is 0 Å². The molecule has 0 aliphatic rings. The summed E-state index contributed by atoms with van der Waals surface area (Å²) in [6.45, 7) is 4.90. The van der Waals surface area contributed by atoms with E-state index in [1.165, 1.54) is 347 Å². The summed E-state index contributed by atoms with van der Waals surface area (Å²) in [4.78, 5) is 23.4. The number of allylic oxidation sites excluding steroid dienone is 1. The summed E-state index contributed by atoms with van der Waals surface area (Å²) in [6.07, 6.45) is 83.8. The van der Waals surface area contributed by atoms with Crippen LogP contribution >= 0.6 is 7.82 Å². The van der Waals surface area contributed by atoms with Crippen LogP contribution < -0.4 is 5.32 Å². The maximum Gasteiger partial charge on any atom is 0.472 e. The molecule has 1 amide bonds. The van der Waals surface area contributed by atoms with Crippen LogP contribution in [0.5, 0.6) is 0 Å². The lowest BCUT2D eigenvalue weighted by Crippen LogP contribution is -2.45. The van der Waals surface area contributed by atoms with E-state index < -0.39 is 20.0 Å². The van der Waals surface area contributed by atoms with E-state index in [1.54, 1.807) is 6.08 Å². The lowest BCUT2D eigenvalue weighted by Gasteiger charge is -2.25. The molecule has 0 bridgehead atoms. The largest absolute Gasteiger partial charge is 0.472 e. The summed E-state index contributed by atoms with van der Waals surface area (Å²) < 4.78 is 23.9. The van der Waals surface area contributed by atoms with Gasteiger partial charge in [0.25, 0.3) is 0 Å². The number of carbonyl (C=O) groups is 1. The van der Waals surface area contributed by atoms with E-state index in [1.807, 2.05) is 27.2 Å². The monoisotopic (exact) mass is 1180 g/mol. The number of likely N-dealkylation sites (N-methyl/N-ethyl adjacent to an activating group) is 1. The second-order valence-electron chi connectivity index (χ2n) is 27.0. The fourth-order valence-electron chi connectivity index (χ4n) is 11.8. The summed E-state index contributed by atoms with van der Waals surface area (Å²) in [6, 6.07) is -0.844. The van der Waals surface area contributed by atoms with Crippen LogP contribution in [0.3, 0.4) is 0 Å². The molecule has 0 saturated heterocycles. The number of hydrogen-bond donors (Lipinski definition) is 3. The molecule has 0 heterocycles. The Morgan fingerprint density at radius 3 is 0.902 bits per heavy atom. The van der Waals surface area contributed by atoms with Crippen molar-refractivity contribution in [2.45, 2.75) is 411 Å². The number of nitrogens with one attached hydrogen (secondary N) is 1. The molecule has 0 aromatic heterocycles. The van der Waals surface area contributed by atoms with E-state index in [0.29, 0.717) is 17.4 Å².